The zero-order valence-electron chi connectivity index (χ0n) is 29.2. The van der Waals surface area contributed by atoms with E-state index < -0.39 is 14.1 Å². The Kier molecular flexibility index (Phi) is 11.9. The maximum atomic E-state index is 14.1. The van der Waals surface area contributed by atoms with E-state index in [0.717, 1.165) is 46.2 Å². The first-order valence-electron chi connectivity index (χ1n) is 17.2. The van der Waals surface area contributed by atoms with Gasteiger partial charge < -0.3 is 34.5 Å². The van der Waals surface area contributed by atoms with Gasteiger partial charge in [-0.3, -0.25) is 9.69 Å². The molecule has 2 heterocycles. The number of hydrogen-bond acceptors (Lipinski definition) is 8. The Labute approximate surface area is 286 Å². The number of nitrogens with zero attached hydrogens (tertiary/aromatic N) is 1. The topological polar surface area (TPSA) is 110 Å². The SMILES string of the molecule is CCOc1ccc2c(c1)CC(NCCCCO)C(=O)N2c1ccc2c(c1)[C@H](OC)[C@@H](C)[C@H](C(CCO)[Si](C)(C)c1ccc(OC)cc1)O2. The van der Waals surface area contributed by atoms with Crippen LogP contribution in [0.25, 0.3) is 0 Å². The molecule has 2 aliphatic heterocycles. The van der Waals surface area contributed by atoms with Crippen LogP contribution in [0.15, 0.2) is 60.7 Å². The van der Waals surface area contributed by atoms with E-state index in [1.54, 1.807) is 19.1 Å². The average molecular weight is 677 g/mol. The molecule has 0 saturated heterocycles. The zero-order chi connectivity index (χ0) is 34.4. The van der Waals surface area contributed by atoms with E-state index in [9.17, 15) is 15.0 Å². The standard InChI is InChI=1S/C38H52N2O7Si/c1-7-46-29-13-16-33-26(22-29)23-32(39-19-8-9-20-41)38(43)40(33)27-10-17-34-31(24-27)36(45-4)25(2)37(47-34)35(18-21-42)48(5,6)30-14-11-28(44-3)12-15-30/h10-17,22,24-25,32,35-37,39,41-42H,7-9,18-21,23H2,1-6H3/t25-,32?,35?,36-,37-/m1/s1. The number of aliphatic hydroxyl groups excluding tert-OH is 2. The highest BCUT2D eigenvalue weighted by Crippen LogP contribution is 2.49. The highest BCUT2D eigenvalue weighted by atomic mass is 28.3. The van der Waals surface area contributed by atoms with E-state index in [0.29, 0.717) is 32.4 Å². The number of ether oxygens (including phenoxy) is 4. The van der Waals surface area contributed by atoms with Crippen molar-refractivity contribution in [2.45, 2.75) is 76.4 Å². The molecule has 48 heavy (non-hydrogen) atoms. The molecule has 3 aromatic rings. The number of fused-ring (bicyclic) bond motifs is 2. The summed E-state index contributed by atoms with van der Waals surface area (Å²) in [5.41, 5.74) is 3.64. The summed E-state index contributed by atoms with van der Waals surface area (Å²) < 4.78 is 24.3. The summed E-state index contributed by atoms with van der Waals surface area (Å²) in [5.74, 6) is 2.30. The number of hydrogen-bond donors (Lipinski definition) is 3. The summed E-state index contributed by atoms with van der Waals surface area (Å²) in [7, 11) is 1.24. The molecule has 9 nitrogen and oxygen atoms in total. The lowest BCUT2D eigenvalue weighted by Gasteiger charge is -2.46. The molecule has 2 aliphatic rings. The number of unbranched alkanes of at least 4 members (excludes halogenated alkanes) is 1. The first-order valence-corrected chi connectivity index (χ1v) is 20.3. The highest BCUT2D eigenvalue weighted by Gasteiger charge is 2.47. The fraction of sp³-hybridized carbons (Fsp3) is 0.500. The minimum absolute atomic E-state index is 0.0154. The van der Waals surface area contributed by atoms with Crippen LogP contribution in [-0.4, -0.2) is 76.9 Å². The molecule has 3 aromatic carbocycles. The quantitative estimate of drug-likeness (QED) is 0.143. The van der Waals surface area contributed by atoms with Crippen LogP contribution < -0.4 is 29.6 Å². The lowest BCUT2D eigenvalue weighted by atomic mass is 9.86. The third-order valence-electron chi connectivity index (χ3n) is 10.2. The number of carbonyl (C=O) groups excluding carboxylic acids is 1. The van der Waals surface area contributed by atoms with Gasteiger partial charge in [0.1, 0.15) is 23.4 Å². The van der Waals surface area contributed by atoms with E-state index >= 15 is 0 Å². The fourth-order valence-corrected chi connectivity index (χ4v) is 11.0. The largest absolute Gasteiger partial charge is 0.497 e. The van der Waals surface area contributed by atoms with Crippen molar-refractivity contribution in [3.63, 3.8) is 0 Å². The van der Waals surface area contributed by atoms with Gasteiger partial charge in [0.05, 0.1) is 39.6 Å². The number of rotatable bonds is 15. The highest BCUT2D eigenvalue weighted by molar-refractivity contribution is 6.91. The van der Waals surface area contributed by atoms with Crippen molar-refractivity contribution in [1.29, 1.82) is 0 Å². The molecule has 0 aliphatic carbocycles. The van der Waals surface area contributed by atoms with Gasteiger partial charge in [-0.2, -0.15) is 0 Å². The molecule has 10 heteroatoms. The van der Waals surface area contributed by atoms with Crippen LogP contribution in [0.4, 0.5) is 11.4 Å². The van der Waals surface area contributed by atoms with Gasteiger partial charge in [0.25, 0.3) is 0 Å². The monoisotopic (exact) mass is 676 g/mol. The summed E-state index contributed by atoms with van der Waals surface area (Å²) >= 11 is 0. The van der Waals surface area contributed by atoms with Gasteiger partial charge in [-0.1, -0.05) is 37.3 Å². The van der Waals surface area contributed by atoms with Crippen LogP contribution in [0.1, 0.15) is 50.3 Å². The Bertz CT molecular complexity index is 1530. The molecule has 0 bridgehead atoms. The molecule has 0 spiro atoms. The van der Waals surface area contributed by atoms with E-state index in [2.05, 4.69) is 37.5 Å². The molecule has 5 rings (SSSR count). The van der Waals surface area contributed by atoms with Crippen molar-refractivity contribution in [3.05, 3.63) is 71.8 Å². The van der Waals surface area contributed by atoms with Crippen LogP contribution in [0.2, 0.25) is 18.6 Å². The zero-order valence-corrected chi connectivity index (χ0v) is 30.2. The van der Waals surface area contributed by atoms with Gasteiger partial charge in [0.15, 0.2) is 0 Å². The Morgan fingerprint density at radius 3 is 2.42 bits per heavy atom. The lowest BCUT2D eigenvalue weighted by molar-refractivity contribution is -0.120. The summed E-state index contributed by atoms with van der Waals surface area (Å²) in [5, 5.41) is 24.2. The van der Waals surface area contributed by atoms with E-state index in [1.165, 1.54) is 5.19 Å². The van der Waals surface area contributed by atoms with Crippen LogP contribution in [0.5, 0.6) is 17.2 Å². The number of amides is 1. The first-order chi connectivity index (χ1) is 23.2. The van der Waals surface area contributed by atoms with Crippen molar-refractivity contribution in [2.24, 2.45) is 5.92 Å². The summed E-state index contributed by atoms with van der Waals surface area (Å²) in [6.45, 7) is 10.2. The minimum Gasteiger partial charge on any atom is -0.497 e. The van der Waals surface area contributed by atoms with Gasteiger partial charge in [0.2, 0.25) is 5.91 Å². The van der Waals surface area contributed by atoms with Gasteiger partial charge in [-0.05, 0) is 98.8 Å². The average Bonchev–Trinajstić information content (AvgIpc) is 3.09. The van der Waals surface area contributed by atoms with Crippen molar-refractivity contribution in [3.8, 4) is 17.2 Å². The van der Waals surface area contributed by atoms with Crippen LogP contribution in [-0.2, 0) is 16.0 Å². The second kappa shape index (κ2) is 15.9. The molecule has 0 saturated carbocycles. The Hall–Kier alpha value is -3.41. The van der Waals surface area contributed by atoms with Gasteiger partial charge in [0, 0.05) is 37.5 Å². The smallest absolute Gasteiger partial charge is 0.249 e. The number of aliphatic hydroxyl groups is 2. The minimum atomic E-state index is -2.16. The Morgan fingerprint density at radius 2 is 1.75 bits per heavy atom. The summed E-state index contributed by atoms with van der Waals surface area (Å²) in [6, 6.07) is 19.8. The van der Waals surface area contributed by atoms with E-state index in [-0.39, 0.29) is 42.8 Å². The van der Waals surface area contributed by atoms with Crippen LogP contribution >= 0.6 is 0 Å². The third-order valence-corrected chi connectivity index (χ3v) is 14.5. The molecule has 2 unspecified atom stereocenters. The summed E-state index contributed by atoms with van der Waals surface area (Å²) in [6.07, 6.45) is 2.20. The van der Waals surface area contributed by atoms with Crippen molar-refractivity contribution < 1.29 is 34.0 Å². The molecule has 260 valence electrons. The molecule has 5 atom stereocenters. The van der Waals surface area contributed by atoms with E-state index in [1.807, 2.05) is 55.5 Å². The molecule has 0 aromatic heterocycles. The first kappa shape index (κ1) is 35.9. The maximum absolute atomic E-state index is 14.1. The van der Waals surface area contributed by atoms with Crippen LogP contribution in [0.3, 0.4) is 0 Å². The van der Waals surface area contributed by atoms with Crippen LogP contribution in [0, 0.1) is 5.92 Å². The molecule has 3 N–H and O–H groups in total. The number of anilines is 2. The van der Waals surface area contributed by atoms with Crippen molar-refractivity contribution in [2.75, 3.05) is 45.5 Å². The number of methoxy groups -OCH3 is 2. The van der Waals surface area contributed by atoms with Gasteiger partial charge >= 0.3 is 0 Å². The molecule has 0 radical (unpaired) electrons. The second-order valence-electron chi connectivity index (χ2n) is 13.4. The predicted molar refractivity (Wildman–Crippen MR) is 192 cm³/mol. The van der Waals surface area contributed by atoms with Gasteiger partial charge in [-0.25, -0.2) is 0 Å². The van der Waals surface area contributed by atoms with Crippen molar-refractivity contribution >= 4 is 30.5 Å². The Morgan fingerprint density at radius 1 is 1.00 bits per heavy atom. The number of benzene rings is 3. The third kappa shape index (κ3) is 7.28. The molecule has 1 amide bonds. The Balaban J connectivity index is 1.50. The number of carbonyl (C=O) groups is 1. The molecule has 0 fully saturated rings. The lowest BCUT2D eigenvalue weighted by Crippen LogP contribution is -2.54. The van der Waals surface area contributed by atoms with Crippen molar-refractivity contribution in [1.82, 2.24) is 5.32 Å². The van der Waals surface area contributed by atoms with Gasteiger partial charge in [-0.15, -0.1) is 0 Å². The summed E-state index contributed by atoms with van der Waals surface area (Å²) in [4.78, 5) is 15.9. The molecular formula is C38H52N2O7Si. The normalized spacial score (nSPS) is 21.2. The van der Waals surface area contributed by atoms with E-state index in [4.69, 9.17) is 18.9 Å². The number of nitrogens with one attached hydrogen (secondary N) is 1. The predicted octanol–water partition coefficient (Wildman–Crippen LogP) is 5.50. The second-order valence-corrected chi connectivity index (χ2v) is 18.2. The maximum Gasteiger partial charge on any atom is 0.249 e. The molecular weight excluding hydrogens is 625 g/mol. The fourth-order valence-electron chi connectivity index (χ4n) is 7.53.